The number of nitrogens with zero attached hydrogens (tertiary/aromatic N) is 2. The summed E-state index contributed by atoms with van der Waals surface area (Å²) < 4.78 is 43.4. The Kier molecular flexibility index (Phi) is 10.8. The monoisotopic (exact) mass is 438 g/mol. The molecule has 0 aliphatic rings. The molecule has 0 saturated carbocycles. The first-order valence-electron chi connectivity index (χ1n) is 10.4. The molecule has 0 aliphatic heterocycles. The van der Waals surface area contributed by atoms with Crippen LogP contribution in [0.2, 0.25) is 0 Å². The Balaban J connectivity index is 1.64. The molecule has 164 valence electrons. The lowest BCUT2D eigenvalue weighted by Crippen LogP contribution is -2.03. The third-order valence-electron chi connectivity index (χ3n) is 4.63. The zero-order valence-electron chi connectivity index (χ0n) is 17.1. The van der Waals surface area contributed by atoms with Gasteiger partial charge in [0.15, 0.2) is 0 Å². The number of unbranched alkanes of at least 4 members (excludes halogenated alkanes) is 7. The van der Waals surface area contributed by atoms with E-state index in [1.807, 2.05) is 12.1 Å². The van der Waals surface area contributed by atoms with Gasteiger partial charge in [0.1, 0.15) is 5.75 Å². The summed E-state index contributed by atoms with van der Waals surface area (Å²) in [6.07, 6.45) is 5.49. The Morgan fingerprint density at radius 3 is 1.63 bits per heavy atom. The molecule has 0 amide bonds. The quantitative estimate of drug-likeness (QED) is 0.190. The largest absolute Gasteiger partial charge is 0.494 e. The Morgan fingerprint density at radius 2 is 1.13 bits per heavy atom. The van der Waals surface area contributed by atoms with Crippen LogP contribution in [0.1, 0.15) is 56.9 Å². The molecule has 0 N–H and O–H groups in total. The van der Waals surface area contributed by atoms with Gasteiger partial charge in [-0.05, 0) is 67.1 Å². The minimum atomic E-state index is -4.35. The molecule has 2 rings (SSSR count). The normalized spacial score (nSPS) is 11.9. The molecule has 0 fully saturated rings. The van der Waals surface area contributed by atoms with Crippen LogP contribution in [0.3, 0.4) is 0 Å². The molecule has 2 aromatic rings. The molecule has 0 bridgehead atoms. The number of thiol groups is 1. The van der Waals surface area contributed by atoms with Gasteiger partial charge in [-0.15, -0.1) is 0 Å². The summed E-state index contributed by atoms with van der Waals surface area (Å²) in [5.41, 5.74) is 0.275. The van der Waals surface area contributed by atoms with Gasteiger partial charge in [-0.25, -0.2) is 0 Å². The molecular weight excluding hydrogens is 409 g/mol. The first kappa shape index (κ1) is 24.3. The molecular formula is C23H29F3N2OS. The zero-order valence-corrected chi connectivity index (χ0v) is 18.0. The van der Waals surface area contributed by atoms with E-state index >= 15 is 0 Å². The van der Waals surface area contributed by atoms with Gasteiger partial charge in [0.05, 0.1) is 23.5 Å². The Morgan fingerprint density at radius 1 is 0.667 bits per heavy atom. The second-order valence-corrected chi connectivity index (χ2v) is 7.59. The number of azo groups is 1. The summed E-state index contributed by atoms with van der Waals surface area (Å²) in [5, 5.41) is 8.02. The van der Waals surface area contributed by atoms with Gasteiger partial charge in [0.2, 0.25) is 0 Å². The van der Waals surface area contributed by atoms with Gasteiger partial charge >= 0.3 is 6.18 Å². The number of hydrogen-bond acceptors (Lipinski definition) is 4. The molecule has 0 unspecified atom stereocenters. The van der Waals surface area contributed by atoms with E-state index in [2.05, 4.69) is 22.9 Å². The lowest BCUT2D eigenvalue weighted by atomic mass is 10.1. The SMILES string of the molecule is FC(F)(F)c1ccc(N=Nc2ccc(OCCCCCCCCCCS)cc2)cc1. The van der Waals surface area contributed by atoms with Crippen molar-refractivity contribution in [1.29, 1.82) is 0 Å². The summed E-state index contributed by atoms with van der Waals surface area (Å²) in [7, 11) is 0. The van der Waals surface area contributed by atoms with Crippen molar-refractivity contribution < 1.29 is 17.9 Å². The number of ether oxygens (including phenoxy) is 1. The average Bonchev–Trinajstić information content (AvgIpc) is 2.74. The van der Waals surface area contributed by atoms with E-state index in [9.17, 15) is 13.2 Å². The molecule has 0 aromatic heterocycles. The van der Waals surface area contributed by atoms with E-state index in [-0.39, 0.29) is 0 Å². The third kappa shape index (κ3) is 9.65. The van der Waals surface area contributed by atoms with Gasteiger partial charge in [0, 0.05) is 0 Å². The maximum Gasteiger partial charge on any atom is 0.416 e. The Bertz CT molecular complexity index is 747. The molecule has 0 heterocycles. The van der Waals surface area contributed by atoms with Crippen LogP contribution in [0, 0.1) is 0 Å². The van der Waals surface area contributed by atoms with Crippen molar-refractivity contribution in [3.8, 4) is 5.75 Å². The first-order valence-corrected chi connectivity index (χ1v) is 11.0. The van der Waals surface area contributed by atoms with Crippen molar-refractivity contribution in [2.24, 2.45) is 10.2 Å². The highest BCUT2D eigenvalue weighted by Gasteiger charge is 2.29. The van der Waals surface area contributed by atoms with E-state index in [4.69, 9.17) is 4.74 Å². The molecule has 7 heteroatoms. The van der Waals surface area contributed by atoms with Crippen LogP contribution in [0.15, 0.2) is 58.8 Å². The second-order valence-electron chi connectivity index (χ2n) is 7.14. The minimum Gasteiger partial charge on any atom is -0.494 e. The van der Waals surface area contributed by atoms with Crippen molar-refractivity contribution in [3.63, 3.8) is 0 Å². The van der Waals surface area contributed by atoms with Crippen LogP contribution < -0.4 is 4.74 Å². The zero-order chi connectivity index (χ0) is 21.7. The van der Waals surface area contributed by atoms with Gasteiger partial charge in [-0.1, -0.05) is 38.5 Å². The molecule has 0 radical (unpaired) electrons. The van der Waals surface area contributed by atoms with Crippen molar-refractivity contribution in [3.05, 3.63) is 54.1 Å². The van der Waals surface area contributed by atoms with E-state index in [1.165, 1.54) is 57.1 Å². The van der Waals surface area contributed by atoms with Crippen molar-refractivity contribution in [2.75, 3.05) is 12.4 Å². The van der Waals surface area contributed by atoms with Gasteiger partial charge in [-0.3, -0.25) is 0 Å². The fourth-order valence-electron chi connectivity index (χ4n) is 2.91. The highest BCUT2D eigenvalue weighted by Crippen LogP contribution is 2.30. The minimum absolute atomic E-state index is 0.366. The number of hydrogen-bond donors (Lipinski definition) is 1. The number of rotatable bonds is 13. The summed E-state index contributed by atoms with van der Waals surface area (Å²) in [5.74, 6) is 1.76. The van der Waals surface area contributed by atoms with Gasteiger partial charge < -0.3 is 4.74 Å². The summed E-state index contributed by atoms with van der Waals surface area (Å²) in [4.78, 5) is 0. The Labute approximate surface area is 182 Å². The molecule has 0 saturated heterocycles. The fraction of sp³-hybridized carbons (Fsp3) is 0.478. The fourth-order valence-corrected chi connectivity index (χ4v) is 3.13. The van der Waals surface area contributed by atoms with Crippen molar-refractivity contribution in [2.45, 2.75) is 57.5 Å². The van der Waals surface area contributed by atoms with E-state index in [1.54, 1.807) is 12.1 Å². The van der Waals surface area contributed by atoms with Crippen LogP contribution in [-0.4, -0.2) is 12.4 Å². The number of halogens is 3. The van der Waals surface area contributed by atoms with E-state index in [0.717, 1.165) is 30.1 Å². The molecule has 0 spiro atoms. The first-order chi connectivity index (χ1) is 14.5. The third-order valence-corrected chi connectivity index (χ3v) is 4.95. The lowest BCUT2D eigenvalue weighted by Gasteiger charge is -2.06. The number of benzene rings is 2. The molecule has 0 aliphatic carbocycles. The lowest BCUT2D eigenvalue weighted by molar-refractivity contribution is -0.137. The smallest absolute Gasteiger partial charge is 0.416 e. The predicted molar refractivity (Wildman–Crippen MR) is 118 cm³/mol. The van der Waals surface area contributed by atoms with Crippen LogP contribution in [-0.2, 0) is 6.18 Å². The van der Waals surface area contributed by atoms with E-state index in [0.29, 0.717) is 18.0 Å². The second kappa shape index (κ2) is 13.3. The van der Waals surface area contributed by atoms with Crippen LogP contribution in [0.4, 0.5) is 24.5 Å². The molecule has 3 nitrogen and oxygen atoms in total. The highest BCUT2D eigenvalue weighted by molar-refractivity contribution is 7.80. The molecule has 30 heavy (non-hydrogen) atoms. The highest BCUT2D eigenvalue weighted by atomic mass is 32.1. The summed E-state index contributed by atoms with van der Waals surface area (Å²) in [6, 6.07) is 11.8. The molecule has 0 atom stereocenters. The number of alkyl halides is 3. The molecule has 2 aromatic carbocycles. The average molecular weight is 439 g/mol. The van der Waals surface area contributed by atoms with Crippen LogP contribution >= 0.6 is 12.6 Å². The van der Waals surface area contributed by atoms with Gasteiger partial charge in [-0.2, -0.15) is 36.0 Å². The van der Waals surface area contributed by atoms with Crippen LogP contribution in [0.25, 0.3) is 0 Å². The van der Waals surface area contributed by atoms with E-state index < -0.39 is 11.7 Å². The maximum atomic E-state index is 12.6. The summed E-state index contributed by atoms with van der Waals surface area (Å²) >= 11 is 4.22. The van der Waals surface area contributed by atoms with Crippen molar-refractivity contribution >= 4 is 24.0 Å². The van der Waals surface area contributed by atoms with Crippen molar-refractivity contribution in [1.82, 2.24) is 0 Å². The van der Waals surface area contributed by atoms with Gasteiger partial charge in [0.25, 0.3) is 0 Å². The topological polar surface area (TPSA) is 34.0 Å². The standard InChI is InChI=1S/C23H29F3N2OS/c24-23(25,26)19-9-11-20(12-10-19)27-28-21-13-15-22(16-14-21)29-17-7-5-3-1-2-4-6-8-18-30/h9-16,30H,1-8,17-18H2. The predicted octanol–water partition coefficient (Wildman–Crippen LogP) is 8.55. The Hall–Kier alpha value is -2.02. The maximum absolute atomic E-state index is 12.6. The van der Waals surface area contributed by atoms with Crippen LogP contribution in [0.5, 0.6) is 5.75 Å². The summed E-state index contributed by atoms with van der Waals surface area (Å²) in [6.45, 7) is 0.687.